The highest BCUT2D eigenvalue weighted by molar-refractivity contribution is 6.03. The normalized spacial score (nSPS) is 18.1. The van der Waals surface area contributed by atoms with Crippen molar-refractivity contribution < 1.29 is 38.4 Å². The summed E-state index contributed by atoms with van der Waals surface area (Å²) in [7, 11) is 3.16. The van der Waals surface area contributed by atoms with E-state index < -0.39 is 47.7 Å². The Balaban J connectivity index is 1.28. The SMILES string of the molecule is COc1ccc(C(O[C@@H]2COC(n3ccc(NC(=O)c4ccccc4)nc3=O)[C@H](OC(=O)c3ccccc3)[C@@H]2O)(c2ccccc2)c2ccc(OC)cc2)cc1. The fourth-order valence-corrected chi connectivity index (χ4v) is 6.71. The average molecular weight is 754 g/mol. The molecule has 1 aliphatic heterocycles. The predicted molar refractivity (Wildman–Crippen MR) is 207 cm³/mol. The van der Waals surface area contributed by atoms with E-state index in [2.05, 4.69) is 10.3 Å². The highest BCUT2D eigenvalue weighted by atomic mass is 16.6. The zero-order valence-corrected chi connectivity index (χ0v) is 30.6. The summed E-state index contributed by atoms with van der Waals surface area (Å²) in [4.78, 5) is 44.0. The van der Waals surface area contributed by atoms with Crippen LogP contribution >= 0.6 is 0 Å². The fourth-order valence-electron chi connectivity index (χ4n) is 6.71. The molecule has 2 N–H and O–H groups in total. The van der Waals surface area contributed by atoms with Crippen LogP contribution in [-0.2, 0) is 19.8 Å². The molecule has 5 aromatic carbocycles. The molecule has 0 radical (unpaired) electrons. The van der Waals surface area contributed by atoms with Gasteiger partial charge in [0, 0.05) is 11.8 Å². The molecule has 4 atom stereocenters. The van der Waals surface area contributed by atoms with Gasteiger partial charge in [0.2, 0.25) is 0 Å². The van der Waals surface area contributed by atoms with Crippen LogP contribution in [0.15, 0.2) is 157 Å². The summed E-state index contributed by atoms with van der Waals surface area (Å²) in [5.41, 5.74) is 0.574. The number of nitrogens with zero attached hydrogens (tertiary/aromatic N) is 2. The predicted octanol–water partition coefficient (Wildman–Crippen LogP) is 6.01. The van der Waals surface area contributed by atoms with Gasteiger partial charge in [-0.1, -0.05) is 91.0 Å². The molecule has 1 aliphatic rings. The van der Waals surface area contributed by atoms with Crippen molar-refractivity contribution in [1.82, 2.24) is 9.55 Å². The highest BCUT2D eigenvalue weighted by Gasteiger charge is 2.49. The van der Waals surface area contributed by atoms with Crippen LogP contribution in [0.5, 0.6) is 11.5 Å². The van der Waals surface area contributed by atoms with Crippen molar-refractivity contribution in [2.24, 2.45) is 0 Å². The topological polar surface area (TPSA) is 147 Å². The number of benzene rings is 5. The van der Waals surface area contributed by atoms with Crippen molar-refractivity contribution in [1.29, 1.82) is 0 Å². The number of methoxy groups -OCH3 is 2. The van der Waals surface area contributed by atoms with Gasteiger partial charge in [-0.25, -0.2) is 9.59 Å². The van der Waals surface area contributed by atoms with Crippen LogP contribution < -0.4 is 20.5 Å². The number of hydrogen-bond donors (Lipinski definition) is 2. The summed E-state index contributed by atoms with van der Waals surface area (Å²) in [5.74, 6) is 0.0575. The lowest BCUT2D eigenvalue weighted by Crippen LogP contribution is -2.57. The molecule has 6 aromatic rings. The third kappa shape index (κ3) is 7.80. The van der Waals surface area contributed by atoms with E-state index >= 15 is 0 Å². The van der Waals surface area contributed by atoms with Crippen LogP contribution in [0.25, 0.3) is 0 Å². The van der Waals surface area contributed by atoms with Crippen molar-refractivity contribution in [2.75, 3.05) is 26.1 Å². The van der Waals surface area contributed by atoms with Crippen LogP contribution in [0.3, 0.4) is 0 Å². The van der Waals surface area contributed by atoms with Gasteiger partial charge < -0.3 is 34.1 Å². The number of esters is 1. The van der Waals surface area contributed by atoms with E-state index in [9.17, 15) is 19.5 Å². The molecule has 1 fully saturated rings. The minimum atomic E-state index is -1.54. The van der Waals surface area contributed by atoms with Gasteiger partial charge in [-0.15, -0.1) is 0 Å². The second-order valence-corrected chi connectivity index (χ2v) is 12.9. The maximum Gasteiger partial charge on any atom is 0.351 e. The quantitative estimate of drug-likeness (QED) is 0.113. The van der Waals surface area contributed by atoms with Gasteiger partial charge in [-0.2, -0.15) is 4.98 Å². The van der Waals surface area contributed by atoms with Gasteiger partial charge >= 0.3 is 11.7 Å². The number of aliphatic hydroxyl groups is 1. The van der Waals surface area contributed by atoms with Crippen LogP contribution in [-0.4, -0.2) is 65.7 Å². The molecule has 1 saturated heterocycles. The van der Waals surface area contributed by atoms with Gasteiger partial charge in [0.1, 0.15) is 35.1 Å². The van der Waals surface area contributed by atoms with E-state index in [1.54, 1.807) is 74.9 Å². The molecule has 56 heavy (non-hydrogen) atoms. The molecule has 1 amide bonds. The average Bonchev–Trinajstić information content (AvgIpc) is 3.25. The number of carbonyl (C=O) groups excluding carboxylic acids is 2. The van der Waals surface area contributed by atoms with Crippen molar-refractivity contribution in [3.8, 4) is 11.5 Å². The Kier molecular flexibility index (Phi) is 11.3. The first-order chi connectivity index (χ1) is 27.3. The van der Waals surface area contributed by atoms with E-state index in [0.29, 0.717) is 28.2 Å². The molecule has 7 rings (SSSR count). The number of aliphatic hydroxyl groups excluding tert-OH is 1. The maximum absolute atomic E-state index is 13.6. The number of aromatic nitrogens is 2. The Morgan fingerprint density at radius 3 is 1.79 bits per heavy atom. The van der Waals surface area contributed by atoms with E-state index in [1.165, 1.54) is 12.3 Å². The fraction of sp³-hybridized carbons (Fsp3) is 0.182. The zero-order valence-electron chi connectivity index (χ0n) is 30.6. The first kappa shape index (κ1) is 37.7. The Hall–Kier alpha value is -6.60. The lowest BCUT2D eigenvalue weighted by Gasteiger charge is -2.45. The lowest BCUT2D eigenvalue weighted by atomic mass is 9.79. The largest absolute Gasteiger partial charge is 0.497 e. The summed E-state index contributed by atoms with van der Waals surface area (Å²) in [6, 6.07) is 42.5. The number of rotatable bonds is 12. The molecule has 0 bridgehead atoms. The summed E-state index contributed by atoms with van der Waals surface area (Å²) >= 11 is 0. The second-order valence-electron chi connectivity index (χ2n) is 12.9. The van der Waals surface area contributed by atoms with Gasteiger partial charge in [-0.3, -0.25) is 9.36 Å². The van der Waals surface area contributed by atoms with Crippen LogP contribution in [0.4, 0.5) is 5.82 Å². The molecule has 1 aromatic heterocycles. The molecule has 12 nitrogen and oxygen atoms in total. The summed E-state index contributed by atoms with van der Waals surface area (Å²) < 4.78 is 31.5. The Morgan fingerprint density at radius 2 is 1.25 bits per heavy atom. The third-order valence-electron chi connectivity index (χ3n) is 9.57. The van der Waals surface area contributed by atoms with Crippen molar-refractivity contribution >= 4 is 17.7 Å². The first-order valence-corrected chi connectivity index (χ1v) is 17.8. The maximum atomic E-state index is 13.6. The first-order valence-electron chi connectivity index (χ1n) is 17.8. The number of anilines is 1. The number of carbonyl (C=O) groups is 2. The van der Waals surface area contributed by atoms with E-state index in [1.807, 2.05) is 78.9 Å². The van der Waals surface area contributed by atoms with Gasteiger partial charge in [0.15, 0.2) is 12.3 Å². The summed E-state index contributed by atoms with van der Waals surface area (Å²) in [5, 5.41) is 14.9. The van der Waals surface area contributed by atoms with Gasteiger partial charge in [-0.05, 0) is 71.3 Å². The molecule has 284 valence electrons. The van der Waals surface area contributed by atoms with Crippen molar-refractivity contribution in [2.45, 2.75) is 30.1 Å². The van der Waals surface area contributed by atoms with E-state index in [-0.39, 0.29) is 18.0 Å². The summed E-state index contributed by atoms with van der Waals surface area (Å²) in [6.45, 7) is -0.231. The third-order valence-corrected chi connectivity index (χ3v) is 9.57. The second kappa shape index (κ2) is 16.8. The van der Waals surface area contributed by atoms with Gasteiger partial charge in [0.25, 0.3) is 5.91 Å². The number of hydrogen-bond acceptors (Lipinski definition) is 10. The van der Waals surface area contributed by atoms with Crippen molar-refractivity contribution in [3.05, 3.63) is 190 Å². The zero-order chi connectivity index (χ0) is 39.1. The molecule has 2 heterocycles. The Labute approximate surface area is 322 Å². The number of ether oxygens (including phenoxy) is 5. The minimum Gasteiger partial charge on any atom is -0.497 e. The molecule has 1 unspecified atom stereocenters. The lowest BCUT2D eigenvalue weighted by molar-refractivity contribution is -0.240. The Bertz CT molecular complexity index is 2260. The minimum absolute atomic E-state index is 0.00197. The van der Waals surface area contributed by atoms with Gasteiger partial charge in [0.05, 0.1) is 26.4 Å². The van der Waals surface area contributed by atoms with E-state index in [0.717, 1.165) is 10.1 Å². The van der Waals surface area contributed by atoms with E-state index in [4.69, 9.17) is 23.7 Å². The molecule has 0 saturated carbocycles. The summed E-state index contributed by atoms with van der Waals surface area (Å²) in [6.07, 6.45) is -4.10. The Morgan fingerprint density at radius 1 is 0.732 bits per heavy atom. The molecule has 0 aliphatic carbocycles. The number of nitrogens with one attached hydrogen (secondary N) is 1. The molecule has 0 spiro atoms. The monoisotopic (exact) mass is 753 g/mol. The number of amides is 1. The molecular formula is C44H39N3O9. The molecule has 12 heteroatoms. The van der Waals surface area contributed by atoms with Crippen LogP contribution in [0.1, 0.15) is 43.6 Å². The molecular weight excluding hydrogens is 714 g/mol. The standard InChI is InChI=1S/C44H39N3O9/c1-52-34-22-18-32(19-23-34)44(31-16-10-5-11-17-31,33-20-24-35(53-2)25-21-33)56-36-28-54-41(39(38(36)48)55-42(50)30-14-8-4-9-15-30)47-27-26-37(46-43(47)51)45-40(49)29-12-6-3-7-13-29/h3-27,36,38-39,41,48H,28H2,1-2H3,(H,45,46,49,51)/t36-,38-,39-,41?/m1/s1. The van der Waals surface area contributed by atoms with Crippen LogP contribution in [0, 0.1) is 0 Å². The smallest absolute Gasteiger partial charge is 0.351 e. The van der Waals surface area contributed by atoms with Crippen molar-refractivity contribution in [3.63, 3.8) is 0 Å². The van der Waals surface area contributed by atoms with Crippen LogP contribution in [0.2, 0.25) is 0 Å². The highest BCUT2D eigenvalue weighted by Crippen LogP contribution is 2.44.